The molecule has 1 aliphatic rings. The average molecular weight is 404 g/mol. The molecule has 2 aromatic rings. The van der Waals surface area contributed by atoms with Crippen molar-refractivity contribution in [1.29, 1.82) is 0 Å². The number of hydrogen-bond donors (Lipinski definition) is 1. The van der Waals surface area contributed by atoms with Crippen molar-refractivity contribution in [2.24, 2.45) is 0 Å². The molecule has 1 aliphatic heterocycles. The Bertz CT molecular complexity index is 795. The van der Waals surface area contributed by atoms with Crippen LogP contribution in [0, 0.1) is 6.92 Å². The van der Waals surface area contributed by atoms with Gasteiger partial charge in [-0.1, -0.05) is 54.1 Å². The average Bonchev–Trinajstić information content (AvgIpc) is 3.12. The molecule has 0 radical (unpaired) electrons. The number of amides is 1. The number of aryl methyl sites for hydroxylation is 1. The second-order valence-electron chi connectivity index (χ2n) is 7.42. The van der Waals surface area contributed by atoms with E-state index in [9.17, 15) is 4.79 Å². The second kappa shape index (κ2) is 9.13. The van der Waals surface area contributed by atoms with E-state index in [-0.39, 0.29) is 11.3 Å². The molecule has 3 rings (SSSR count). The van der Waals surface area contributed by atoms with Crippen molar-refractivity contribution in [2.45, 2.75) is 38.7 Å². The van der Waals surface area contributed by atoms with Crippen molar-refractivity contribution in [3.63, 3.8) is 0 Å². The van der Waals surface area contributed by atoms with E-state index in [2.05, 4.69) is 45.0 Å². The highest BCUT2D eigenvalue weighted by Crippen LogP contribution is 2.40. The summed E-state index contributed by atoms with van der Waals surface area (Å²) < 4.78 is 0. The smallest absolute Gasteiger partial charge is 0.278 e. The summed E-state index contributed by atoms with van der Waals surface area (Å²) in [4.78, 5) is 16.5. The standard InChI is InChI=1S/C22H27ClN2OS/c1-16(2)24(14-18-9-5-4-8-17(18)3)15-21(26)25-12-13-27-22(25)19-10-6-7-11-20(19)23/h4-11,16,22H,12-15H2,1-3H3/p+1/t22-/m0/s1. The zero-order valence-corrected chi connectivity index (χ0v) is 17.8. The molecule has 2 aromatic carbocycles. The molecule has 1 unspecified atom stereocenters. The summed E-state index contributed by atoms with van der Waals surface area (Å²) >= 11 is 8.20. The van der Waals surface area contributed by atoms with Gasteiger partial charge in [-0.3, -0.25) is 4.79 Å². The highest BCUT2D eigenvalue weighted by molar-refractivity contribution is 7.99. The quantitative estimate of drug-likeness (QED) is 0.795. The Morgan fingerprint density at radius 2 is 1.93 bits per heavy atom. The Morgan fingerprint density at radius 1 is 1.22 bits per heavy atom. The maximum absolute atomic E-state index is 13.2. The molecule has 5 heteroatoms. The van der Waals surface area contributed by atoms with Crippen LogP contribution in [0.4, 0.5) is 0 Å². The van der Waals surface area contributed by atoms with Crippen LogP contribution in [0.1, 0.15) is 35.9 Å². The summed E-state index contributed by atoms with van der Waals surface area (Å²) in [6, 6.07) is 16.7. The van der Waals surface area contributed by atoms with Crippen LogP contribution in [0.15, 0.2) is 48.5 Å². The van der Waals surface area contributed by atoms with E-state index in [4.69, 9.17) is 11.6 Å². The highest BCUT2D eigenvalue weighted by Gasteiger charge is 2.34. The summed E-state index contributed by atoms with van der Waals surface area (Å²) in [5.41, 5.74) is 3.64. The summed E-state index contributed by atoms with van der Waals surface area (Å²) in [5, 5.41) is 0.765. The first-order valence-corrected chi connectivity index (χ1v) is 10.9. The van der Waals surface area contributed by atoms with E-state index in [0.29, 0.717) is 12.6 Å². The van der Waals surface area contributed by atoms with Gasteiger partial charge in [-0.25, -0.2) is 0 Å². The maximum atomic E-state index is 13.2. The zero-order valence-electron chi connectivity index (χ0n) is 16.2. The maximum Gasteiger partial charge on any atom is 0.278 e. The SMILES string of the molecule is Cc1ccccc1C[NH+](CC(=O)N1CCS[C@H]1c1ccccc1Cl)C(C)C. The lowest BCUT2D eigenvalue weighted by Gasteiger charge is -2.29. The molecule has 1 fully saturated rings. The normalized spacial score (nSPS) is 18.1. The number of nitrogens with one attached hydrogen (secondary N) is 1. The minimum Gasteiger partial charge on any atom is -0.321 e. The van der Waals surface area contributed by atoms with E-state index in [1.54, 1.807) is 11.8 Å². The Balaban J connectivity index is 1.73. The molecular weight excluding hydrogens is 376 g/mol. The molecule has 0 aromatic heterocycles. The molecule has 1 N–H and O–H groups in total. The van der Waals surface area contributed by atoms with Gasteiger partial charge in [-0.2, -0.15) is 0 Å². The first-order chi connectivity index (χ1) is 13.0. The number of hydrogen-bond acceptors (Lipinski definition) is 2. The molecule has 1 amide bonds. The van der Waals surface area contributed by atoms with Gasteiger partial charge < -0.3 is 9.80 Å². The number of carbonyl (C=O) groups is 1. The Kier molecular flexibility index (Phi) is 6.85. The van der Waals surface area contributed by atoms with Gasteiger partial charge >= 0.3 is 0 Å². The Hall–Kier alpha value is -1.49. The van der Waals surface area contributed by atoms with Crippen molar-refractivity contribution in [3.8, 4) is 0 Å². The number of quaternary nitrogens is 1. The fourth-order valence-electron chi connectivity index (χ4n) is 3.48. The second-order valence-corrected chi connectivity index (χ2v) is 9.02. The third-order valence-electron chi connectivity index (χ3n) is 5.26. The van der Waals surface area contributed by atoms with Crippen molar-refractivity contribution < 1.29 is 9.69 Å². The van der Waals surface area contributed by atoms with Gasteiger partial charge in [0, 0.05) is 28.4 Å². The molecular formula is C22H28ClN2OS+. The van der Waals surface area contributed by atoms with Crippen LogP contribution in [-0.2, 0) is 11.3 Å². The van der Waals surface area contributed by atoms with Gasteiger partial charge in [0.05, 0.1) is 6.04 Å². The van der Waals surface area contributed by atoms with E-state index >= 15 is 0 Å². The summed E-state index contributed by atoms with van der Waals surface area (Å²) in [6.07, 6.45) is 0. The van der Waals surface area contributed by atoms with Crippen LogP contribution < -0.4 is 4.90 Å². The molecule has 1 saturated heterocycles. The van der Waals surface area contributed by atoms with Crippen LogP contribution in [0.3, 0.4) is 0 Å². The van der Waals surface area contributed by atoms with Gasteiger partial charge in [0.2, 0.25) is 0 Å². The fourth-order valence-corrected chi connectivity index (χ4v) is 5.10. The third kappa shape index (κ3) is 4.87. The third-order valence-corrected chi connectivity index (χ3v) is 6.84. The predicted octanol–water partition coefficient (Wildman–Crippen LogP) is 3.72. The van der Waals surface area contributed by atoms with Gasteiger partial charge in [0.15, 0.2) is 6.54 Å². The van der Waals surface area contributed by atoms with E-state index in [0.717, 1.165) is 29.4 Å². The van der Waals surface area contributed by atoms with Gasteiger partial charge in [0.1, 0.15) is 11.9 Å². The van der Waals surface area contributed by atoms with Gasteiger partial charge in [-0.15, -0.1) is 11.8 Å². The number of thioether (sulfide) groups is 1. The van der Waals surface area contributed by atoms with E-state index < -0.39 is 0 Å². The minimum atomic E-state index is 0.0260. The van der Waals surface area contributed by atoms with Crippen LogP contribution in [0.25, 0.3) is 0 Å². The zero-order chi connectivity index (χ0) is 19.4. The number of halogens is 1. The number of rotatable bonds is 6. The van der Waals surface area contributed by atoms with E-state index in [1.807, 2.05) is 29.2 Å². The van der Waals surface area contributed by atoms with Crippen molar-refractivity contribution in [3.05, 3.63) is 70.2 Å². The lowest BCUT2D eigenvalue weighted by atomic mass is 10.1. The molecule has 2 atom stereocenters. The lowest BCUT2D eigenvalue weighted by Crippen LogP contribution is -3.14. The summed E-state index contributed by atoms with van der Waals surface area (Å²) in [6.45, 7) is 8.67. The Labute approximate surface area is 171 Å². The molecule has 3 nitrogen and oxygen atoms in total. The number of carbonyl (C=O) groups excluding carboxylic acids is 1. The molecule has 27 heavy (non-hydrogen) atoms. The first-order valence-electron chi connectivity index (χ1n) is 9.52. The molecule has 0 bridgehead atoms. The van der Waals surface area contributed by atoms with Crippen molar-refractivity contribution >= 4 is 29.3 Å². The summed E-state index contributed by atoms with van der Waals surface area (Å²) in [5.74, 6) is 1.17. The Morgan fingerprint density at radius 3 is 2.63 bits per heavy atom. The largest absolute Gasteiger partial charge is 0.321 e. The monoisotopic (exact) mass is 403 g/mol. The topological polar surface area (TPSA) is 24.8 Å². The van der Waals surface area contributed by atoms with Crippen LogP contribution in [0.2, 0.25) is 5.02 Å². The van der Waals surface area contributed by atoms with E-state index in [1.165, 1.54) is 16.0 Å². The van der Waals surface area contributed by atoms with Gasteiger partial charge in [0.25, 0.3) is 5.91 Å². The first kappa shape index (κ1) is 20.2. The van der Waals surface area contributed by atoms with Crippen LogP contribution in [-0.4, -0.2) is 35.7 Å². The van der Waals surface area contributed by atoms with Crippen LogP contribution in [0.5, 0.6) is 0 Å². The number of nitrogens with zero attached hydrogens (tertiary/aromatic N) is 1. The fraction of sp³-hybridized carbons (Fsp3) is 0.409. The van der Waals surface area contributed by atoms with Gasteiger partial charge in [-0.05, 0) is 32.4 Å². The van der Waals surface area contributed by atoms with Crippen molar-refractivity contribution in [1.82, 2.24) is 4.90 Å². The summed E-state index contributed by atoms with van der Waals surface area (Å²) in [7, 11) is 0. The van der Waals surface area contributed by atoms with Crippen LogP contribution >= 0.6 is 23.4 Å². The molecule has 0 spiro atoms. The molecule has 0 aliphatic carbocycles. The minimum absolute atomic E-state index is 0.0260. The predicted molar refractivity (Wildman–Crippen MR) is 114 cm³/mol. The number of benzene rings is 2. The highest BCUT2D eigenvalue weighted by atomic mass is 35.5. The molecule has 144 valence electrons. The molecule has 0 saturated carbocycles. The lowest BCUT2D eigenvalue weighted by molar-refractivity contribution is -0.927. The van der Waals surface area contributed by atoms with Crippen molar-refractivity contribution in [2.75, 3.05) is 18.8 Å². The molecule has 1 heterocycles.